The number of amides is 2. The van der Waals surface area contributed by atoms with Crippen LogP contribution in [0.5, 0.6) is 0 Å². The van der Waals surface area contributed by atoms with Crippen LogP contribution >= 0.6 is 0 Å². The zero-order valence-corrected chi connectivity index (χ0v) is 8.37. The fourth-order valence-electron chi connectivity index (χ4n) is 2.10. The van der Waals surface area contributed by atoms with Crippen LogP contribution in [0.25, 0.3) is 0 Å². The molecule has 14 heavy (non-hydrogen) atoms. The fourth-order valence-corrected chi connectivity index (χ4v) is 2.10. The van der Waals surface area contributed by atoms with Gasteiger partial charge in [0, 0.05) is 0 Å². The van der Waals surface area contributed by atoms with Gasteiger partial charge >= 0.3 is 0 Å². The number of rotatable bonds is 5. The van der Waals surface area contributed by atoms with Gasteiger partial charge in [-0.25, -0.2) is 0 Å². The number of carbonyl (C=O) groups is 2. The number of primary amides is 1. The van der Waals surface area contributed by atoms with Crippen molar-refractivity contribution in [1.29, 1.82) is 0 Å². The van der Waals surface area contributed by atoms with E-state index >= 15 is 0 Å². The van der Waals surface area contributed by atoms with Gasteiger partial charge in [0.15, 0.2) is 0 Å². The Morgan fingerprint density at radius 1 is 1.43 bits per heavy atom. The molecular weight excluding hydrogens is 180 g/mol. The Bertz CT molecular complexity index is 200. The highest BCUT2D eigenvalue weighted by molar-refractivity contribution is 5.81. The van der Waals surface area contributed by atoms with Crippen molar-refractivity contribution in [2.45, 2.75) is 44.6 Å². The SMILES string of the molecule is NC(=O)[C@H](CC1CCCCC1)NC=O. The molecule has 3 N–H and O–H groups in total. The van der Waals surface area contributed by atoms with E-state index < -0.39 is 11.9 Å². The maximum Gasteiger partial charge on any atom is 0.240 e. The van der Waals surface area contributed by atoms with Gasteiger partial charge in [0.25, 0.3) is 0 Å². The lowest BCUT2D eigenvalue weighted by molar-refractivity contribution is -0.123. The highest BCUT2D eigenvalue weighted by Crippen LogP contribution is 2.27. The number of carbonyl (C=O) groups excluding carboxylic acids is 2. The predicted molar refractivity (Wildman–Crippen MR) is 53.4 cm³/mol. The third kappa shape index (κ3) is 3.36. The van der Waals surface area contributed by atoms with Crippen molar-refractivity contribution in [3.05, 3.63) is 0 Å². The molecule has 0 spiro atoms. The summed E-state index contributed by atoms with van der Waals surface area (Å²) >= 11 is 0. The molecular formula is C10H18N2O2. The summed E-state index contributed by atoms with van der Waals surface area (Å²) in [5.41, 5.74) is 5.18. The molecule has 1 atom stereocenters. The summed E-state index contributed by atoms with van der Waals surface area (Å²) in [4.78, 5) is 21.2. The third-order valence-corrected chi connectivity index (χ3v) is 2.91. The smallest absolute Gasteiger partial charge is 0.240 e. The zero-order chi connectivity index (χ0) is 10.4. The van der Waals surface area contributed by atoms with E-state index in [0.717, 1.165) is 12.8 Å². The van der Waals surface area contributed by atoms with Gasteiger partial charge in [-0.2, -0.15) is 0 Å². The Morgan fingerprint density at radius 2 is 2.07 bits per heavy atom. The van der Waals surface area contributed by atoms with E-state index in [1.54, 1.807) is 0 Å². The van der Waals surface area contributed by atoms with Crippen LogP contribution in [0.2, 0.25) is 0 Å². The minimum Gasteiger partial charge on any atom is -0.368 e. The molecule has 80 valence electrons. The van der Waals surface area contributed by atoms with Crippen molar-refractivity contribution in [2.75, 3.05) is 0 Å². The first kappa shape index (κ1) is 11.0. The zero-order valence-electron chi connectivity index (χ0n) is 8.37. The molecule has 4 heteroatoms. The quantitative estimate of drug-likeness (QED) is 0.633. The van der Waals surface area contributed by atoms with E-state index in [4.69, 9.17) is 5.73 Å². The van der Waals surface area contributed by atoms with E-state index in [9.17, 15) is 9.59 Å². The number of hydrogen-bond donors (Lipinski definition) is 2. The molecule has 1 fully saturated rings. The van der Waals surface area contributed by atoms with Gasteiger partial charge in [-0.05, 0) is 12.3 Å². The minimum absolute atomic E-state index is 0.428. The molecule has 0 heterocycles. The first-order valence-electron chi connectivity index (χ1n) is 5.23. The van der Waals surface area contributed by atoms with Crippen molar-refractivity contribution in [2.24, 2.45) is 11.7 Å². The van der Waals surface area contributed by atoms with E-state index in [1.807, 2.05) is 0 Å². The molecule has 2 amide bonds. The first-order chi connectivity index (χ1) is 6.74. The van der Waals surface area contributed by atoms with Crippen LogP contribution in [0.15, 0.2) is 0 Å². The molecule has 4 nitrogen and oxygen atoms in total. The molecule has 0 radical (unpaired) electrons. The minimum atomic E-state index is -0.476. The molecule has 0 aliphatic heterocycles. The summed E-state index contributed by atoms with van der Waals surface area (Å²) in [6.07, 6.45) is 7.33. The predicted octanol–water partition coefficient (Wildman–Crippen LogP) is 0.557. The standard InChI is InChI=1S/C10H18N2O2/c11-10(14)9(12-7-13)6-8-4-2-1-3-5-8/h7-9H,1-6H2,(H2,11,14)(H,12,13)/t9-/m0/s1. The molecule has 0 saturated heterocycles. The fraction of sp³-hybridized carbons (Fsp3) is 0.800. The maximum atomic E-state index is 11.0. The Kier molecular flexibility index (Phi) is 4.43. The van der Waals surface area contributed by atoms with Crippen molar-refractivity contribution in [3.63, 3.8) is 0 Å². The molecule has 1 aliphatic rings. The summed E-state index contributed by atoms with van der Waals surface area (Å²) in [6, 6.07) is -0.476. The summed E-state index contributed by atoms with van der Waals surface area (Å²) in [5, 5.41) is 2.47. The van der Waals surface area contributed by atoms with Crippen molar-refractivity contribution in [3.8, 4) is 0 Å². The summed E-state index contributed by atoms with van der Waals surface area (Å²) in [7, 11) is 0. The topological polar surface area (TPSA) is 72.2 Å². The lowest BCUT2D eigenvalue weighted by atomic mass is 9.85. The Hall–Kier alpha value is -1.06. The Balaban J connectivity index is 2.36. The van der Waals surface area contributed by atoms with Gasteiger partial charge in [0.05, 0.1) is 0 Å². The average Bonchev–Trinajstić information content (AvgIpc) is 2.18. The second-order valence-corrected chi connectivity index (χ2v) is 3.98. The van der Waals surface area contributed by atoms with Gasteiger partial charge in [-0.3, -0.25) is 9.59 Å². The number of hydrogen-bond acceptors (Lipinski definition) is 2. The summed E-state index contributed by atoms with van der Waals surface area (Å²) < 4.78 is 0. The molecule has 0 aromatic carbocycles. The van der Waals surface area contributed by atoms with E-state index in [1.165, 1.54) is 19.3 Å². The summed E-state index contributed by atoms with van der Waals surface area (Å²) in [5.74, 6) is 0.122. The van der Waals surface area contributed by atoms with Crippen molar-refractivity contribution >= 4 is 12.3 Å². The molecule has 0 aromatic rings. The van der Waals surface area contributed by atoms with Crippen LogP contribution in [0.1, 0.15) is 38.5 Å². The lowest BCUT2D eigenvalue weighted by Crippen LogP contribution is -2.42. The number of nitrogens with one attached hydrogen (secondary N) is 1. The highest BCUT2D eigenvalue weighted by Gasteiger charge is 2.21. The number of nitrogens with two attached hydrogens (primary N) is 1. The first-order valence-corrected chi connectivity index (χ1v) is 5.23. The van der Waals surface area contributed by atoms with Crippen LogP contribution in [0, 0.1) is 5.92 Å². The average molecular weight is 198 g/mol. The molecule has 1 aliphatic carbocycles. The normalized spacial score (nSPS) is 20.0. The molecule has 1 saturated carbocycles. The largest absolute Gasteiger partial charge is 0.368 e. The van der Waals surface area contributed by atoms with Crippen LogP contribution < -0.4 is 11.1 Å². The second kappa shape index (κ2) is 5.62. The molecule has 1 rings (SSSR count). The lowest BCUT2D eigenvalue weighted by Gasteiger charge is -2.24. The van der Waals surface area contributed by atoms with Crippen LogP contribution in [-0.2, 0) is 9.59 Å². The van der Waals surface area contributed by atoms with Crippen LogP contribution in [0.3, 0.4) is 0 Å². The van der Waals surface area contributed by atoms with Gasteiger partial charge in [-0.15, -0.1) is 0 Å². The van der Waals surface area contributed by atoms with Gasteiger partial charge < -0.3 is 11.1 Å². The van der Waals surface area contributed by atoms with Gasteiger partial charge in [0.1, 0.15) is 6.04 Å². The monoisotopic (exact) mass is 198 g/mol. The molecule has 0 unspecified atom stereocenters. The molecule has 0 aromatic heterocycles. The van der Waals surface area contributed by atoms with Crippen molar-refractivity contribution in [1.82, 2.24) is 5.32 Å². The van der Waals surface area contributed by atoms with Gasteiger partial charge in [0.2, 0.25) is 12.3 Å². The van der Waals surface area contributed by atoms with E-state index in [2.05, 4.69) is 5.32 Å². The summed E-state index contributed by atoms with van der Waals surface area (Å²) in [6.45, 7) is 0. The van der Waals surface area contributed by atoms with Crippen LogP contribution in [0.4, 0.5) is 0 Å². The van der Waals surface area contributed by atoms with E-state index in [0.29, 0.717) is 18.7 Å². The van der Waals surface area contributed by atoms with Gasteiger partial charge in [-0.1, -0.05) is 32.1 Å². The Morgan fingerprint density at radius 3 is 2.57 bits per heavy atom. The van der Waals surface area contributed by atoms with Crippen LogP contribution in [-0.4, -0.2) is 18.4 Å². The van der Waals surface area contributed by atoms with E-state index in [-0.39, 0.29) is 0 Å². The second-order valence-electron chi connectivity index (χ2n) is 3.98. The maximum absolute atomic E-state index is 11.0. The van der Waals surface area contributed by atoms with Crippen molar-refractivity contribution < 1.29 is 9.59 Å². The Labute approximate surface area is 84.2 Å². The highest BCUT2D eigenvalue weighted by atomic mass is 16.2. The third-order valence-electron chi connectivity index (χ3n) is 2.91. The molecule has 0 bridgehead atoms.